The molecule has 12 rings (SSSR count). The Kier molecular flexibility index (Phi) is 35.2. The van der Waals surface area contributed by atoms with Gasteiger partial charge in [-0.1, -0.05) is 70.7 Å². The summed E-state index contributed by atoms with van der Waals surface area (Å²) in [4.78, 5) is 56.0. The number of carbonyl (C=O) groups excluding carboxylic acids is 4. The van der Waals surface area contributed by atoms with Gasteiger partial charge in [-0.25, -0.2) is 56.0 Å². The van der Waals surface area contributed by atoms with Gasteiger partial charge >= 0.3 is 31.3 Å². The molecule has 2 unspecified atom stereocenters. The second-order valence-electron chi connectivity index (χ2n) is 34.4. The molecular formula is C86H99Cl5F16N8O13S4. The molecule has 21 nitrogen and oxygen atoms in total. The standard InChI is InChI=1S/C27H28ClF5N2O3S.C26H26ClF5N2O4S.C19H26ClF3N2O4S.C14H18ClF3N2O2S.ClH/c1-15-10-21(19-5-4-18(29)13-24(19)30)22(11-15)26(36)34-8-6-17(7-9-34)20-14-23(28)16(2)12-25(20)35(27(31,32)33)39(3,37)38;1-14-9-24(34(26(30,31)32)39(2,37)38)19(13-22(14)27)15-5-7-33(8-6-15)25(36)21-12-17(35)11-20(21)18-4-3-16(28)10-23(18)29;1-12-10-16(25(19(21,22)23)30(5,27)28)14(11-15(12)20)13-6-8-24(9-7-13)17(26)29-18(2,3)4;1-9-7-13(20(14(16,17)18)23(2,21)22)11(8-12(9)15)10-3-5-19-6-4-10;/h4-5,12-14,17,21-22H,1,6-11H2,2-3H3;3-4,9-10,13,15,20-21H,5-8,11-12H2,1-2H3;10-11,13H,6-9H2,1-5H3;7-8,10,19H,3-6H2,1-2H3;1H/t21-,22?;20-,21?;;;/m00.../s1. The minimum absolute atomic E-state index is 0. The summed E-state index contributed by atoms with van der Waals surface area (Å²) in [7, 11) is -18.6. The first-order valence-corrected chi connectivity index (χ1v) is 49.9. The van der Waals surface area contributed by atoms with Crippen LogP contribution in [-0.2, 0) is 59.2 Å². The number of nitrogens with zero attached hydrogens (tertiary/aromatic N) is 7. The molecule has 732 valence electrons. The fraction of sp³-hybridized carbons (Fsp3) is 0.512. The highest BCUT2D eigenvalue weighted by atomic mass is 35.5. The second-order valence-corrected chi connectivity index (χ2v) is 43.4. The van der Waals surface area contributed by atoms with Gasteiger partial charge in [0.1, 0.15) is 34.7 Å². The number of hydrogen-bond donors (Lipinski definition) is 1. The Morgan fingerprint density at radius 2 is 0.667 bits per heavy atom. The summed E-state index contributed by atoms with van der Waals surface area (Å²) in [5, 5.41) is 4.10. The minimum Gasteiger partial charge on any atom is -0.444 e. The van der Waals surface area contributed by atoms with Crippen LogP contribution in [0, 0.1) is 62.8 Å². The van der Waals surface area contributed by atoms with Gasteiger partial charge in [0.2, 0.25) is 51.9 Å². The Labute approximate surface area is 782 Å². The Morgan fingerprint density at radius 1 is 0.402 bits per heavy atom. The quantitative estimate of drug-likeness (QED) is 0.0538. The smallest absolute Gasteiger partial charge is 0.444 e. The molecule has 0 radical (unpaired) electrons. The van der Waals surface area contributed by atoms with Crippen LogP contribution in [0.5, 0.6) is 0 Å². The molecule has 6 aromatic carbocycles. The summed E-state index contributed by atoms with van der Waals surface area (Å²) in [5.41, 5.74) is 0.655. The van der Waals surface area contributed by atoms with Gasteiger partial charge in [-0.05, 0) is 266 Å². The van der Waals surface area contributed by atoms with Crippen molar-refractivity contribution in [3.8, 4) is 0 Å². The van der Waals surface area contributed by atoms with Crippen molar-refractivity contribution < 1.29 is 128 Å². The summed E-state index contributed by atoms with van der Waals surface area (Å²) >= 11 is 24.7. The number of aryl methyl sites for hydroxylation is 4. The molecule has 6 aromatic rings. The van der Waals surface area contributed by atoms with E-state index in [4.69, 9.17) is 51.1 Å². The molecule has 6 aliphatic rings. The molecule has 132 heavy (non-hydrogen) atoms. The fourth-order valence-corrected chi connectivity index (χ4v) is 21.8. The summed E-state index contributed by atoms with van der Waals surface area (Å²) in [6, 6.07) is 16.4. The number of sulfonamides is 4. The third kappa shape index (κ3) is 27.1. The van der Waals surface area contributed by atoms with Crippen molar-refractivity contribution in [3.63, 3.8) is 0 Å². The molecule has 2 saturated carbocycles. The van der Waals surface area contributed by atoms with Crippen LogP contribution in [0.25, 0.3) is 0 Å². The number of carbonyl (C=O) groups is 4. The summed E-state index contributed by atoms with van der Waals surface area (Å²) in [6.45, 7) is 17.8. The predicted octanol–water partition coefficient (Wildman–Crippen LogP) is 21.2. The van der Waals surface area contributed by atoms with Gasteiger partial charge in [-0.2, -0.15) is 17.2 Å². The number of allylic oxidation sites excluding steroid dienone is 1. The number of likely N-dealkylation sites (tertiary alicyclic amines) is 3. The Balaban J connectivity index is 0.000000220. The molecule has 0 bridgehead atoms. The molecule has 4 heterocycles. The maximum absolute atomic E-state index is 14.5. The van der Waals surface area contributed by atoms with Crippen molar-refractivity contribution in [3.05, 3.63) is 196 Å². The lowest BCUT2D eigenvalue weighted by Crippen LogP contribution is -2.44. The first-order valence-electron chi connectivity index (χ1n) is 41.0. The predicted molar refractivity (Wildman–Crippen MR) is 475 cm³/mol. The Morgan fingerprint density at radius 3 is 0.932 bits per heavy atom. The van der Waals surface area contributed by atoms with Gasteiger partial charge in [0.15, 0.2) is 0 Å². The number of amides is 3. The van der Waals surface area contributed by atoms with E-state index in [1.165, 1.54) is 73.0 Å². The molecule has 2 aliphatic carbocycles. The zero-order valence-corrected chi connectivity index (χ0v) is 80.2. The molecule has 46 heteroatoms. The normalized spacial score (nSPS) is 19.1. The van der Waals surface area contributed by atoms with E-state index in [0.717, 1.165) is 42.0 Å². The van der Waals surface area contributed by atoms with Crippen LogP contribution >= 0.6 is 58.8 Å². The number of hydrogen-bond acceptors (Lipinski definition) is 14. The number of anilines is 4. The van der Waals surface area contributed by atoms with Crippen molar-refractivity contribution in [1.82, 2.24) is 20.0 Å². The highest BCUT2D eigenvalue weighted by Crippen LogP contribution is 2.51. The maximum atomic E-state index is 14.5. The highest BCUT2D eigenvalue weighted by Gasteiger charge is 2.52. The third-order valence-corrected chi connectivity index (χ3v) is 29.4. The van der Waals surface area contributed by atoms with Gasteiger partial charge in [0, 0.05) is 102 Å². The number of nitrogens with one attached hydrogen (secondary N) is 1. The van der Waals surface area contributed by atoms with Crippen LogP contribution in [0.1, 0.15) is 189 Å². The number of alkyl halides is 12. The van der Waals surface area contributed by atoms with E-state index in [1.54, 1.807) is 32.6 Å². The zero-order chi connectivity index (χ0) is 98.2. The SMILES string of the molecule is C=C1CC(C(=O)N2CCC(c3cc(Cl)c(C)cc3N(C(F)(F)F)S(C)(=O)=O)CC2)[C@H](c2ccc(F)cc2F)C1.Cc1cc(N(C(F)(F)F)S(C)(=O)=O)c(C2CCN(C(=O)C3CC(=O)C[C@H]3c3ccc(F)cc3F)CC2)cc1Cl.Cc1cc(N(C(F)(F)F)S(C)(=O)=O)c(C2CCN(C(=O)OC(C)(C)C)CC2)cc1Cl.Cc1cc(N(C(F)(F)F)S(C)(=O)=O)c(C2CCNCC2)cc1Cl.Cl. The lowest BCUT2D eigenvalue weighted by molar-refractivity contribution is -0.138. The van der Waals surface area contributed by atoms with Crippen molar-refractivity contribution in [1.29, 1.82) is 0 Å². The second kappa shape index (κ2) is 42.5. The molecule has 4 saturated heterocycles. The Bertz CT molecular complexity index is 5560. The van der Waals surface area contributed by atoms with Crippen molar-refractivity contribution >= 4 is 145 Å². The number of halogens is 21. The number of Topliss-reactive ketones (excluding diaryl/α,β-unsaturated/α-hetero) is 1. The highest BCUT2D eigenvalue weighted by molar-refractivity contribution is 7.93. The third-order valence-electron chi connectivity index (χ3n) is 23.5. The monoisotopic (exact) mass is 2060 g/mol. The van der Waals surface area contributed by atoms with Crippen molar-refractivity contribution in [2.45, 2.75) is 192 Å². The molecule has 4 aliphatic heterocycles. The van der Waals surface area contributed by atoms with Gasteiger partial charge in [0.25, 0.3) is 0 Å². The van der Waals surface area contributed by atoms with E-state index in [-0.39, 0.29) is 168 Å². The van der Waals surface area contributed by atoms with Crippen LogP contribution in [0.15, 0.2) is 97.1 Å². The van der Waals surface area contributed by atoms with Crippen molar-refractivity contribution in [2.24, 2.45) is 11.8 Å². The minimum atomic E-state index is -5.21. The zero-order valence-electron chi connectivity index (χ0n) is 73.1. The molecule has 3 amide bonds. The number of ketones is 1. The van der Waals surface area contributed by atoms with E-state index in [9.17, 15) is 123 Å². The summed E-state index contributed by atoms with van der Waals surface area (Å²) in [6.07, 6.45) is -15.5. The molecule has 0 aromatic heterocycles. The largest absolute Gasteiger partial charge is 0.498 e. The lowest BCUT2D eigenvalue weighted by atomic mass is 9.85. The lowest BCUT2D eigenvalue weighted by Gasteiger charge is -2.37. The molecule has 0 spiro atoms. The average molecular weight is 2060 g/mol. The molecule has 4 atom stereocenters. The van der Waals surface area contributed by atoms with Gasteiger partial charge in [0.05, 0.1) is 53.7 Å². The maximum Gasteiger partial charge on any atom is 0.498 e. The molecule has 1 N–H and O–H groups in total. The van der Waals surface area contributed by atoms with Gasteiger partial charge in [-0.3, -0.25) is 14.4 Å². The fourth-order valence-electron chi connectivity index (χ4n) is 17.5. The number of ether oxygens (including phenoxy) is 1. The van der Waals surface area contributed by atoms with E-state index < -0.39 is 176 Å². The first-order chi connectivity index (χ1) is 60.2. The topological polar surface area (TPSA) is 249 Å². The van der Waals surface area contributed by atoms with Crippen LogP contribution in [0.3, 0.4) is 0 Å². The van der Waals surface area contributed by atoms with E-state index >= 15 is 0 Å². The van der Waals surface area contributed by atoms with Crippen LogP contribution in [-0.4, -0.2) is 180 Å². The summed E-state index contributed by atoms with van der Waals surface area (Å²) in [5.74, 6) is -8.17. The van der Waals surface area contributed by atoms with E-state index in [0.29, 0.717) is 110 Å². The van der Waals surface area contributed by atoms with Crippen LogP contribution < -0.4 is 22.5 Å². The Hall–Kier alpha value is -7.77. The molecular weight excluding hydrogens is 1960 g/mol. The van der Waals surface area contributed by atoms with Gasteiger partial charge < -0.3 is 24.8 Å². The average Bonchev–Trinajstić information content (AvgIpc) is 0.981. The summed E-state index contributed by atoms with van der Waals surface area (Å²) < 4.78 is 320. The number of benzene rings is 6. The van der Waals surface area contributed by atoms with Crippen molar-refractivity contribution in [2.75, 3.05) is 94.6 Å². The van der Waals surface area contributed by atoms with Crippen LogP contribution in [0.4, 0.5) is 97.8 Å². The van der Waals surface area contributed by atoms with Crippen LogP contribution in [0.2, 0.25) is 20.1 Å². The number of rotatable bonds is 16. The first kappa shape index (κ1) is 110. The molecule has 6 fully saturated rings. The van der Waals surface area contributed by atoms with Gasteiger partial charge in [-0.15, -0.1) is 65.1 Å². The van der Waals surface area contributed by atoms with E-state index in [2.05, 4.69) is 11.9 Å². The van der Waals surface area contributed by atoms with E-state index in [1.807, 2.05) is 0 Å². The number of piperidine rings is 4.